The molecule has 0 spiro atoms. The maximum Gasteiger partial charge on any atom is 0.0182 e. The predicted molar refractivity (Wildman–Crippen MR) is 53.1 cm³/mol. The van der Waals surface area contributed by atoms with Crippen LogP contribution in [0.2, 0.25) is 0 Å². The summed E-state index contributed by atoms with van der Waals surface area (Å²) in [6.07, 6.45) is 7.08. The standard InChI is InChI=1S/C8H14Br2/c9-6-5-8(10)7-3-1-2-4-7/h7-8H,1-6H2. The number of alkyl halides is 2. The normalized spacial score (nSPS) is 23.4. The molecule has 1 saturated carbocycles. The summed E-state index contributed by atoms with van der Waals surface area (Å²) in [5, 5.41) is 1.14. The van der Waals surface area contributed by atoms with Gasteiger partial charge in [-0.2, -0.15) is 0 Å². The zero-order chi connectivity index (χ0) is 7.40. The van der Waals surface area contributed by atoms with E-state index in [0.717, 1.165) is 16.1 Å². The van der Waals surface area contributed by atoms with Gasteiger partial charge in [-0.3, -0.25) is 0 Å². The van der Waals surface area contributed by atoms with Crippen molar-refractivity contribution in [3.63, 3.8) is 0 Å². The molecule has 10 heavy (non-hydrogen) atoms. The van der Waals surface area contributed by atoms with Gasteiger partial charge in [-0.1, -0.05) is 44.7 Å². The van der Waals surface area contributed by atoms with E-state index in [2.05, 4.69) is 31.9 Å². The third-order valence-corrected chi connectivity index (χ3v) is 3.96. The molecule has 0 amide bonds. The largest absolute Gasteiger partial charge is 0.0928 e. The molecule has 1 aliphatic rings. The highest BCUT2D eigenvalue weighted by molar-refractivity contribution is 9.10. The molecule has 0 nitrogen and oxygen atoms in total. The fourth-order valence-corrected chi connectivity index (χ4v) is 3.52. The topological polar surface area (TPSA) is 0 Å². The van der Waals surface area contributed by atoms with E-state index in [1.807, 2.05) is 0 Å². The van der Waals surface area contributed by atoms with Gasteiger partial charge in [-0.05, 0) is 25.2 Å². The molecule has 1 unspecified atom stereocenters. The zero-order valence-corrected chi connectivity index (χ0v) is 9.33. The molecular formula is C8H14Br2. The Labute approximate surface area is 80.0 Å². The molecule has 0 aromatic carbocycles. The molecule has 1 rings (SSSR count). The molecule has 0 heterocycles. The van der Waals surface area contributed by atoms with Crippen LogP contribution >= 0.6 is 31.9 Å². The summed E-state index contributed by atoms with van der Waals surface area (Å²) >= 11 is 7.20. The van der Waals surface area contributed by atoms with Crippen molar-refractivity contribution < 1.29 is 0 Å². The molecule has 2 heteroatoms. The molecule has 0 bridgehead atoms. The molecular weight excluding hydrogens is 256 g/mol. The average Bonchev–Trinajstić information content (AvgIpc) is 2.38. The van der Waals surface area contributed by atoms with Gasteiger partial charge in [0.25, 0.3) is 0 Å². The summed E-state index contributed by atoms with van der Waals surface area (Å²) < 4.78 is 0. The second kappa shape index (κ2) is 4.76. The summed E-state index contributed by atoms with van der Waals surface area (Å²) in [7, 11) is 0. The minimum atomic E-state index is 0.773. The van der Waals surface area contributed by atoms with E-state index in [1.54, 1.807) is 0 Å². The fourth-order valence-electron chi connectivity index (χ4n) is 1.66. The van der Waals surface area contributed by atoms with Crippen molar-refractivity contribution in [3.05, 3.63) is 0 Å². The maximum atomic E-state index is 3.73. The lowest BCUT2D eigenvalue weighted by atomic mass is 10.0. The monoisotopic (exact) mass is 268 g/mol. The molecule has 60 valence electrons. The van der Waals surface area contributed by atoms with Crippen LogP contribution < -0.4 is 0 Å². The van der Waals surface area contributed by atoms with Gasteiger partial charge in [-0.25, -0.2) is 0 Å². The SMILES string of the molecule is BrCCC(Br)C1CCCC1. The van der Waals surface area contributed by atoms with Gasteiger partial charge in [-0.15, -0.1) is 0 Å². The highest BCUT2D eigenvalue weighted by atomic mass is 79.9. The Bertz CT molecular complexity index is 87.3. The second-order valence-electron chi connectivity index (χ2n) is 3.04. The van der Waals surface area contributed by atoms with Gasteiger partial charge in [0.05, 0.1) is 0 Å². The van der Waals surface area contributed by atoms with Crippen molar-refractivity contribution >= 4 is 31.9 Å². The third kappa shape index (κ3) is 2.54. The first-order valence-corrected chi connectivity index (χ1v) is 6.08. The van der Waals surface area contributed by atoms with Crippen molar-refractivity contribution in [2.24, 2.45) is 5.92 Å². The van der Waals surface area contributed by atoms with E-state index in [1.165, 1.54) is 32.1 Å². The fraction of sp³-hybridized carbons (Fsp3) is 1.00. The maximum absolute atomic E-state index is 3.73. The lowest BCUT2D eigenvalue weighted by Gasteiger charge is -2.14. The Morgan fingerprint density at radius 3 is 2.40 bits per heavy atom. The van der Waals surface area contributed by atoms with Crippen molar-refractivity contribution in [2.45, 2.75) is 36.9 Å². The lowest BCUT2D eigenvalue weighted by Crippen LogP contribution is -2.10. The minimum Gasteiger partial charge on any atom is -0.0928 e. The quantitative estimate of drug-likeness (QED) is 0.685. The second-order valence-corrected chi connectivity index (χ2v) is 5.01. The van der Waals surface area contributed by atoms with Gasteiger partial charge in [0.2, 0.25) is 0 Å². The highest BCUT2D eigenvalue weighted by Crippen LogP contribution is 2.33. The lowest BCUT2D eigenvalue weighted by molar-refractivity contribution is 0.521. The average molecular weight is 270 g/mol. The third-order valence-electron chi connectivity index (χ3n) is 2.30. The van der Waals surface area contributed by atoms with Crippen molar-refractivity contribution in [2.75, 3.05) is 5.33 Å². The molecule has 1 fully saturated rings. The van der Waals surface area contributed by atoms with Crippen LogP contribution in [0.3, 0.4) is 0 Å². The van der Waals surface area contributed by atoms with Crippen LogP contribution in [0, 0.1) is 5.92 Å². The van der Waals surface area contributed by atoms with Crippen molar-refractivity contribution in [1.29, 1.82) is 0 Å². The first-order valence-electron chi connectivity index (χ1n) is 4.04. The van der Waals surface area contributed by atoms with Crippen LogP contribution in [-0.4, -0.2) is 10.2 Å². The molecule has 0 saturated heterocycles. The molecule has 0 aromatic heterocycles. The van der Waals surface area contributed by atoms with Crippen LogP contribution in [0.1, 0.15) is 32.1 Å². The van der Waals surface area contributed by atoms with Crippen molar-refractivity contribution in [3.8, 4) is 0 Å². The van der Waals surface area contributed by atoms with Gasteiger partial charge in [0.15, 0.2) is 0 Å². The van der Waals surface area contributed by atoms with E-state index in [4.69, 9.17) is 0 Å². The van der Waals surface area contributed by atoms with Gasteiger partial charge >= 0.3 is 0 Å². The Balaban J connectivity index is 2.18. The van der Waals surface area contributed by atoms with Gasteiger partial charge < -0.3 is 0 Å². The Morgan fingerprint density at radius 1 is 1.30 bits per heavy atom. The number of halogens is 2. The summed E-state index contributed by atoms with van der Waals surface area (Å²) in [5.74, 6) is 0.970. The molecule has 1 atom stereocenters. The summed E-state index contributed by atoms with van der Waals surface area (Å²) in [6.45, 7) is 0. The first kappa shape index (κ1) is 9.05. The molecule has 1 aliphatic carbocycles. The first-order chi connectivity index (χ1) is 4.84. The van der Waals surface area contributed by atoms with E-state index < -0.39 is 0 Å². The number of hydrogen-bond acceptors (Lipinski definition) is 0. The van der Waals surface area contributed by atoms with E-state index in [0.29, 0.717) is 0 Å². The zero-order valence-electron chi connectivity index (χ0n) is 6.15. The van der Waals surface area contributed by atoms with Crippen LogP contribution in [0.5, 0.6) is 0 Å². The Hall–Kier alpha value is 0.960. The summed E-state index contributed by atoms with van der Waals surface area (Å²) in [4.78, 5) is 0.773. The molecule has 0 aliphatic heterocycles. The van der Waals surface area contributed by atoms with E-state index in [-0.39, 0.29) is 0 Å². The Morgan fingerprint density at radius 2 is 1.90 bits per heavy atom. The summed E-state index contributed by atoms with van der Waals surface area (Å²) in [5.41, 5.74) is 0. The Kier molecular flexibility index (Phi) is 4.31. The number of hydrogen-bond donors (Lipinski definition) is 0. The van der Waals surface area contributed by atoms with Crippen LogP contribution in [0.4, 0.5) is 0 Å². The van der Waals surface area contributed by atoms with Gasteiger partial charge in [0, 0.05) is 10.2 Å². The number of rotatable bonds is 3. The molecule has 0 radical (unpaired) electrons. The van der Waals surface area contributed by atoms with E-state index >= 15 is 0 Å². The van der Waals surface area contributed by atoms with Crippen LogP contribution in [-0.2, 0) is 0 Å². The van der Waals surface area contributed by atoms with Crippen molar-refractivity contribution in [1.82, 2.24) is 0 Å². The smallest absolute Gasteiger partial charge is 0.0182 e. The minimum absolute atomic E-state index is 0.773. The summed E-state index contributed by atoms with van der Waals surface area (Å²) in [6, 6.07) is 0. The molecule has 0 aromatic rings. The van der Waals surface area contributed by atoms with Gasteiger partial charge in [0.1, 0.15) is 0 Å². The van der Waals surface area contributed by atoms with Crippen LogP contribution in [0.25, 0.3) is 0 Å². The highest BCUT2D eigenvalue weighted by Gasteiger charge is 2.21. The van der Waals surface area contributed by atoms with Crippen LogP contribution in [0.15, 0.2) is 0 Å². The predicted octanol–water partition coefficient (Wildman–Crippen LogP) is 3.73. The van der Waals surface area contributed by atoms with E-state index in [9.17, 15) is 0 Å². The molecule has 0 N–H and O–H groups in total.